The highest BCUT2D eigenvalue weighted by atomic mass is 28.2. The summed E-state index contributed by atoms with van der Waals surface area (Å²) < 4.78 is 15.8. The summed E-state index contributed by atoms with van der Waals surface area (Å²) in [6, 6.07) is 20.4. The van der Waals surface area contributed by atoms with Crippen LogP contribution in [0.1, 0.15) is 131 Å². The molecule has 0 N–H and O–H groups in total. The maximum Gasteiger partial charge on any atom is 0.549 e. The zero-order valence-electron chi connectivity index (χ0n) is 39.7. The quantitative estimate of drug-likeness (QED) is 0.0310. The molecule has 67 heavy (non-hydrogen) atoms. The van der Waals surface area contributed by atoms with Crippen LogP contribution < -0.4 is 15.6 Å². The van der Waals surface area contributed by atoms with E-state index in [9.17, 15) is 28.8 Å². The second-order valence-corrected chi connectivity index (χ2v) is 22.0. The molecule has 3 rings (SSSR count). The first-order valence-corrected chi connectivity index (χ1v) is 27.0. The fourth-order valence-electron chi connectivity index (χ4n) is 6.89. The monoisotopic (exact) mass is 976 g/mol. The van der Waals surface area contributed by atoms with Gasteiger partial charge in [0.15, 0.2) is 0 Å². The molecule has 0 atom stereocenters. The van der Waals surface area contributed by atoms with E-state index in [1.165, 1.54) is 15.6 Å². The minimum Gasteiger partial charge on any atom is -0.431 e. The molecule has 0 aliphatic rings. The van der Waals surface area contributed by atoms with Gasteiger partial charge < -0.3 is 14.2 Å². The first kappa shape index (κ1) is 55.1. The van der Waals surface area contributed by atoms with E-state index in [1.54, 1.807) is 43.3 Å². The molecule has 0 amide bonds. The van der Waals surface area contributed by atoms with Crippen LogP contribution in [0, 0.1) is 5.41 Å². The standard InChI is InChI=1S/C49H64O15Si3/c1-8-15-37(12-5)65-40-24-18-34(19-25-40)43(50)59-62-46(53)56-31-49(30-11-4,32-57-47(54)63-60-44(51)35-20-26-41(27-21-35)66-38(13-6)16-9-2)33-58-48(55)64-61-45(52)36-22-28-42(29-23-36)67-39(14-7)17-10-3/h15-29H,8-14,30-33,65-67H2,1-7H3. The van der Waals surface area contributed by atoms with Crippen molar-refractivity contribution in [2.24, 2.45) is 5.41 Å². The molecule has 15 nitrogen and oxygen atoms in total. The molecule has 0 aliphatic heterocycles. The SMILES string of the molecule is CCC=C(CC)[SiH2]c1ccc(C(=O)OOC(=O)OCC(CCC)(COC(=O)OOC(=O)c2ccc([SiH2]C(=CCC)CC)cc2)COC(=O)OOC(=O)c2ccc([SiH2]C(=CCC)CC)cc2)cc1. The summed E-state index contributed by atoms with van der Waals surface area (Å²) >= 11 is 0. The minimum atomic E-state index is -1.51. The molecule has 0 fully saturated rings. The van der Waals surface area contributed by atoms with Crippen LogP contribution in [0.3, 0.4) is 0 Å². The van der Waals surface area contributed by atoms with Gasteiger partial charge in [0.2, 0.25) is 0 Å². The van der Waals surface area contributed by atoms with Crippen molar-refractivity contribution >= 4 is 80.5 Å². The van der Waals surface area contributed by atoms with Gasteiger partial charge in [0.25, 0.3) is 0 Å². The second kappa shape index (κ2) is 30.1. The van der Waals surface area contributed by atoms with Gasteiger partial charge in [-0.15, -0.1) is 0 Å². The van der Waals surface area contributed by atoms with E-state index in [-0.39, 0.29) is 23.1 Å². The van der Waals surface area contributed by atoms with Gasteiger partial charge in [0.1, 0.15) is 19.8 Å². The van der Waals surface area contributed by atoms with E-state index in [2.05, 4.69) is 74.4 Å². The Bertz CT molecular complexity index is 1930. The van der Waals surface area contributed by atoms with Crippen molar-refractivity contribution < 1.29 is 72.3 Å². The summed E-state index contributed by atoms with van der Waals surface area (Å²) in [5, 5.41) is 7.57. The zero-order valence-corrected chi connectivity index (χ0v) is 43.9. The number of rotatable bonds is 23. The Morgan fingerprint density at radius 3 is 0.910 bits per heavy atom. The third kappa shape index (κ3) is 20.0. The average molecular weight is 977 g/mol. The number of carbonyl (C=O) groups excluding carboxylic acids is 6. The number of hydrogen-bond acceptors (Lipinski definition) is 15. The average Bonchev–Trinajstić information content (AvgIpc) is 3.34. The molecule has 0 bridgehead atoms. The molecular formula is C49H64O15Si3. The summed E-state index contributed by atoms with van der Waals surface area (Å²) in [7, 11) is -2.06. The van der Waals surface area contributed by atoms with Gasteiger partial charge in [-0.25, -0.2) is 43.7 Å². The molecule has 362 valence electrons. The van der Waals surface area contributed by atoms with Crippen LogP contribution in [-0.4, -0.2) is 84.8 Å². The smallest absolute Gasteiger partial charge is 0.431 e. The molecule has 0 unspecified atom stereocenters. The van der Waals surface area contributed by atoms with Gasteiger partial charge in [-0.2, -0.15) is 14.4 Å². The van der Waals surface area contributed by atoms with E-state index in [0.29, 0.717) is 6.42 Å². The van der Waals surface area contributed by atoms with E-state index in [0.717, 1.165) is 54.1 Å². The predicted molar refractivity (Wildman–Crippen MR) is 261 cm³/mol. The van der Waals surface area contributed by atoms with E-state index < -0.39 is 90.2 Å². The summed E-state index contributed by atoms with van der Waals surface area (Å²) in [6.07, 6.45) is 8.51. The van der Waals surface area contributed by atoms with Crippen molar-refractivity contribution in [3.63, 3.8) is 0 Å². The van der Waals surface area contributed by atoms with Gasteiger partial charge in [-0.05, 0) is 81.3 Å². The van der Waals surface area contributed by atoms with Crippen LogP contribution in [0.4, 0.5) is 14.4 Å². The molecule has 0 saturated carbocycles. The molecule has 0 heterocycles. The van der Waals surface area contributed by atoms with Gasteiger partial charge in [-0.3, -0.25) is 0 Å². The minimum absolute atomic E-state index is 0.0781. The maximum atomic E-state index is 12.7. The van der Waals surface area contributed by atoms with Crippen molar-refractivity contribution in [2.75, 3.05) is 19.8 Å². The largest absolute Gasteiger partial charge is 0.549 e. The molecule has 0 aliphatic carbocycles. The van der Waals surface area contributed by atoms with E-state index >= 15 is 0 Å². The lowest BCUT2D eigenvalue weighted by atomic mass is 9.86. The summed E-state index contributed by atoms with van der Waals surface area (Å²) in [5.41, 5.74) is -1.11. The van der Waals surface area contributed by atoms with Crippen molar-refractivity contribution in [1.82, 2.24) is 0 Å². The Labute approximate surface area is 399 Å². The Morgan fingerprint density at radius 2 is 0.687 bits per heavy atom. The maximum absolute atomic E-state index is 12.7. The Balaban J connectivity index is 1.65. The number of benzene rings is 3. The van der Waals surface area contributed by atoms with Crippen LogP contribution in [0.25, 0.3) is 0 Å². The van der Waals surface area contributed by atoms with Crippen LogP contribution in [0.15, 0.2) is 107 Å². The fourth-order valence-corrected chi connectivity index (χ4v) is 11.9. The molecule has 0 radical (unpaired) electrons. The summed E-state index contributed by atoms with van der Waals surface area (Å²) in [6.45, 7) is 12.4. The van der Waals surface area contributed by atoms with Gasteiger partial charge >= 0.3 is 36.4 Å². The van der Waals surface area contributed by atoms with Crippen LogP contribution in [-0.2, 0) is 43.5 Å². The lowest BCUT2D eigenvalue weighted by molar-refractivity contribution is -0.217. The Hall–Kier alpha value is -6.25. The molecule has 0 aromatic heterocycles. The first-order valence-electron chi connectivity index (χ1n) is 22.8. The normalized spacial score (nSPS) is 13.0. The van der Waals surface area contributed by atoms with Crippen LogP contribution in [0.5, 0.6) is 0 Å². The lowest BCUT2D eigenvalue weighted by Gasteiger charge is -2.30. The number of allylic oxidation sites excluding steroid dienone is 6. The lowest BCUT2D eigenvalue weighted by Crippen LogP contribution is -2.40. The van der Waals surface area contributed by atoms with Crippen molar-refractivity contribution in [3.8, 4) is 0 Å². The van der Waals surface area contributed by atoms with Crippen LogP contribution >= 0.6 is 0 Å². The van der Waals surface area contributed by atoms with Crippen molar-refractivity contribution in [3.05, 3.63) is 123 Å². The molecule has 0 spiro atoms. The van der Waals surface area contributed by atoms with Crippen molar-refractivity contribution in [1.29, 1.82) is 0 Å². The zero-order chi connectivity index (χ0) is 49.0. The number of carbonyl (C=O) groups is 6. The topological polar surface area (TPSA) is 185 Å². The first-order chi connectivity index (χ1) is 32.3. The molecule has 18 heteroatoms. The van der Waals surface area contributed by atoms with Gasteiger partial charge in [0, 0.05) is 0 Å². The molecular weight excluding hydrogens is 913 g/mol. The highest BCUT2D eigenvalue weighted by Crippen LogP contribution is 2.27. The highest BCUT2D eigenvalue weighted by Gasteiger charge is 2.37. The highest BCUT2D eigenvalue weighted by molar-refractivity contribution is 6.61. The Morgan fingerprint density at radius 1 is 0.418 bits per heavy atom. The summed E-state index contributed by atoms with van der Waals surface area (Å²) in [5.74, 6) is -2.86. The van der Waals surface area contributed by atoms with Gasteiger partial charge in [-0.1, -0.05) is 141 Å². The van der Waals surface area contributed by atoms with E-state index in [1.807, 2.05) is 36.4 Å². The van der Waals surface area contributed by atoms with E-state index in [4.69, 9.17) is 28.9 Å². The molecule has 3 aromatic carbocycles. The molecule has 0 saturated heterocycles. The Kier molecular flexibility index (Phi) is 24.8. The number of ether oxygens (including phenoxy) is 3. The molecule has 3 aromatic rings. The van der Waals surface area contributed by atoms with Crippen LogP contribution in [0.2, 0.25) is 0 Å². The fraction of sp³-hybridized carbons (Fsp3) is 0.388. The number of hydrogen-bond donors (Lipinski definition) is 0. The predicted octanol–water partition coefficient (Wildman–Crippen LogP) is 7.04. The third-order valence-electron chi connectivity index (χ3n) is 10.5. The third-order valence-corrected chi connectivity index (χ3v) is 16.9. The second-order valence-electron chi connectivity index (χ2n) is 15.7. The van der Waals surface area contributed by atoms with Gasteiger partial charge in [0.05, 0.1) is 50.7 Å². The summed E-state index contributed by atoms with van der Waals surface area (Å²) in [4.78, 5) is 104. The van der Waals surface area contributed by atoms with Crippen molar-refractivity contribution in [2.45, 2.75) is 99.8 Å².